The zero-order valence-electron chi connectivity index (χ0n) is 17.9. The second-order valence-electron chi connectivity index (χ2n) is 7.47. The number of rotatable bonds is 5. The first-order valence-electron chi connectivity index (χ1n) is 9.95. The number of thiocarbonyl (C=S) groups is 1. The van der Waals surface area contributed by atoms with Gasteiger partial charge in [0.25, 0.3) is 0 Å². The number of allylic oxidation sites excluding steroid dienone is 1. The van der Waals surface area contributed by atoms with Gasteiger partial charge in [-0.25, -0.2) is 9.59 Å². The van der Waals surface area contributed by atoms with Crippen molar-refractivity contribution >= 4 is 40.7 Å². The SMILES string of the molecule is CC1=C(C(=O)OC(C)C)[C@@H](c2cccc(NC(=O)Nc3ccccc3)c2)NC(=S)N1C. The van der Waals surface area contributed by atoms with Crippen LogP contribution in [0.4, 0.5) is 16.2 Å². The maximum atomic E-state index is 12.9. The van der Waals surface area contributed by atoms with E-state index < -0.39 is 12.0 Å². The first kappa shape index (κ1) is 22.3. The van der Waals surface area contributed by atoms with Gasteiger partial charge in [0, 0.05) is 24.1 Å². The molecule has 2 amide bonds. The zero-order chi connectivity index (χ0) is 22.5. The Hall–Kier alpha value is -3.39. The van der Waals surface area contributed by atoms with E-state index in [1.165, 1.54) is 0 Å². The van der Waals surface area contributed by atoms with Crippen LogP contribution in [0, 0.1) is 0 Å². The number of hydrogen-bond acceptors (Lipinski definition) is 4. The van der Waals surface area contributed by atoms with Crippen molar-refractivity contribution in [3.63, 3.8) is 0 Å². The maximum absolute atomic E-state index is 12.9. The number of ether oxygens (including phenoxy) is 1. The molecular formula is C23H26N4O3S. The number of hydrogen-bond donors (Lipinski definition) is 3. The molecule has 2 aromatic rings. The molecule has 162 valence electrons. The van der Waals surface area contributed by atoms with Crippen molar-refractivity contribution in [1.82, 2.24) is 10.2 Å². The highest BCUT2D eigenvalue weighted by Crippen LogP contribution is 2.32. The molecule has 3 N–H and O–H groups in total. The average molecular weight is 439 g/mol. The number of esters is 1. The molecule has 0 aromatic heterocycles. The first-order valence-corrected chi connectivity index (χ1v) is 10.4. The van der Waals surface area contributed by atoms with Gasteiger partial charge in [0.05, 0.1) is 17.7 Å². The monoisotopic (exact) mass is 438 g/mol. The molecule has 0 fully saturated rings. The number of para-hydroxylation sites is 1. The van der Waals surface area contributed by atoms with E-state index in [1.807, 2.05) is 57.2 Å². The van der Waals surface area contributed by atoms with Crippen LogP contribution in [-0.2, 0) is 9.53 Å². The van der Waals surface area contributed by atoms with Gasteiger partial charge in [-0.15, -0.1) is 0 Å². The molecule has 0 saturated heterocycles. The molecule has 3 rings (SSSR count). The second kappa shape index (κ2) is 9.61. The minimum Gasteiger partial charge on any atom is -0.459 e. The van der Waals surface area contributed by atoms with E-state index in [0.717, 1.165) is 11.3 Å². The molecule has 0 spiro atoms. The van der Waals surface area contributed by atoms with E-state index >= 15 is 0 Å². The van der Waals surface area contributed by atoms with Crippen molar-refractivity contribution in [2.75, 3.05) is 17.7 Å². The van der Waals surface area contributed by atoms with Crippen molar-refractivity contribution in [1.29, 1.82) is 0 Å². The lowest BCUT2D eigenvalue weighted by Gasteiger charge is -2.35. The fourth-order valence-electron chi connectivity index (χ4n) is 3.24. The number of carbonyl (C=O) groups is 2. The molecule has 0 radical (unpaired) electrons. The molecule has 0 saturated carbocycles. The Bertz CT molecular complexity index is 1020. The topological polar surface area (TPSA) is 82.7 Å². The van der Waals surface area contributed by atoms with Gasteiger partial charge in [0.2, 0.25) is 0 Å². The normalized spacial score (nSPS) is 16.1. The van der Waals surface area contributed by atoms with Crippen LogP contribution in [0.1, 0.15) is 32.4 Å². The van der Waals surface area contributed by atoms with Gasteiger partial charge < -0.3 is 25.6 Å². The second-order valence-corrected chi connectivity index (χ2v) is 7.85. The van der Waals surface area contributed by atoms with Crippen LogP contribution in [0.5, 0.6) is 0 Å². The van der Waals surface area contributed by atoms with Gasteiger partial charge in [0.15, 0.2) is 5.11 Å². The summed E-state index contributed by atoms with van der Waals surface area (Å²) >= 11 is 5.43. The fourth-order valence-corrected chi connectivity index (χ4v) is 3.49. The molecule has 1 heterocycles. The molecule has 1 aliphatic rings. The summed E-state index contributed by atoms with van der Waals surface area (Å²) in [5.41, 5.74) is 3.26. The van der Waals surface area contributed by atoms with Crippen LogP contribution in [0.15, 0.2) is 65.9 Å². The third kappa shape index (κ3) is 5.40. The third-order valence-electron chi connectivity index (χ3n) is 4.83. The number of carbonyl (C=O) groups excluding carboxylic acids is 2. The number of urea groups is 1. The number of amides is 2. The third-order valence-corrected chi connectivity index (χ3v) is 5.22. The molecule has 0 aliphatic carbocycles. The van der Waals surface area contributed by atoms with Crippen LogP contribution < -0.4 is 16.0 Å². The Kier molecular flexibility index (Phi) is 6.91. The zero-order valence-corrected chi connectivity index (χ0v) is 18.7. The molecule has 0 unspecified atom stereocenters. The standard InChI is InChI=1S/C23H26N4O3S/c1-14(2)30-21(28)19-15(3)27(4)23(31)26-20(19)16-9-8-12-18(13-16)25-22(29)24-17-10-6-5-7-11-17/h5-14,20H,1-4H3,(H,26,31)(H2,24,25,29)/t20-/m1/s1. The highest BCUT2D eigenvalue weighted by molar-refractivity contribution is 7.80. The summed E-state index contributed by atoms with van der Waals surface area (Å²) < 4.78 is 5.47. The molecular weight excluding hydrogens is 412 g/mol. The van der Waals surface area contributed by atoms with Gasteiger partial charge in [-0.05, 0) is 62.8 Å². The van der Waals surface area contributed by atoms with E-state index in [9.17, 15) is 9.59 Å². The Balaban J connectivity index is 1.86. The Labute approximate surface area is 187 Å². The number of nitrogens with zero attached hydrogens (tertiary/aromatic N) is 1. The summed E-state index contributed by atoms with van der Waals surface area (Å²) in [7, 11) is 1.80. The van der Waals surface area contributed by atoms with Crippen LogP contribution in [0.25, 0.3) is 0 Å². The van der Waals surface area contributed by atoms with Crippen molar-refractivity contribution in [3.05, 3.63) is 71.4 Å². The predicted molar refractivity (Wildman–Crippen MR) is 126 cm³/mol. The summed E-state index contributed by atoms with van der Waals surface area (Å²) in [4.78, 5) is 27.0. The molecule has 7 nitrogen and oxygen atoms in total. The number of anilines is 2. The molecule has 0 bridgehead atoms. The smallest absolute Gasteiger partial charge is 0.338 e. The van der Waals surface area contributed by atoms with Crippen LogP contribution >= 0.6 is 12.2 Å². The van der Waals surface area contributed by atoms with Crippen molar-refractivity contribution in [3.8, 4) is 0 Å². The molecule has 2 aromatic carbocycles. The van der Waals surface area contributed by atoms with Gasteiger partial charge in [-0.3, -0.25) is 0 Å². The van der Waals surface area contributed by atoms with Gasteiger partial charge in [-0.2, -0.15) is 0 Å². The lowest BCUT2D eigenvalue weighted by molar-refractivity contribution is -0.143. The highest BCUT2D eigenvalue weighted by atomic mass is 32.1. The summed E-state index contributed by atoms with van der Waals surface area (Å²) in [6, 6.07) is 15.6. The van der Waals surface area contributed by atoms with Crippen molar-refractivity contribution in [2.45, 2.75) is 32.9 Å². The fraction of sp³-hybridized carbons (Fsp3) is 0.261. The van der Waals surface area contributed by atoms with Gasteiger partial charge in [0.1, 0.15) is 0 Å². The maximum Gasteiger partial charge on any atom is 0.338 e. The summed E-state index contributed by atoms with van der Waals surface area (Å²) in [5.74, 6) is -0.403. The Morgan fingerprint density at radius 2 is 1.71 bits per heavy atom. The Morgan fingerprint density at radius 1 is 1.06 bits per heavy atom. The van der Waals surface area contributed by atoms with E-state index in [1.54, 1.807) is 30.1 Å². The summed E-state index contributed by atoms with van der Waals surface area (Å²) in [6.07, 6.45) is -0.248. The number of benzene rings is 2. The van der Waals surface area contributed by atoms with Crippen molar-refractivity contribution < 1.29 is 14.3 Å². The molecule has 1 atom stereocenters. The molecule has 8 heteroatoms. The predicted octanol–water partition coefficient (Wildman–Crippen LogP) is 4.42. The van der Waals surface area contributed by atoms with Crippen molar-refractivity contribution in [2.24, 2.45) is 0 Å². The first-order chi connectivity index (χ1) is 14.8. The number of nitrogens with one attached hydrogen (secondary N) is 3. The van der Waals surface area contributed by atoms with E-state index in [4.69, 9.17) is 17.0 Å². The minimum atomic E-state index is -0.492. The summed E-state index contributed by atoms with van der Waals surface area (Å²) in [6.45, 7) is 5.46. The largest absolute Gasteiger partial charge is 0.459 e. The van der Waals surface area contributed by atoms with Gasteiger partial charge >= 0.3 is 12.0 Å². The van der Waals surface area contributed by atoms with E-state index in [0.29, 0.717) is 22.1 Å². The van der Waals surface area contributed by atoms with E-state index in [-0.39, 0.29) is 12.1 Å². The lowest BCUT2D eigenvalue weighted by atomic mass is 9.94. The molecule has 31 heavy (non-hydrogen) atoms. The van der Waals surface area contributed by atoms with Gasteiger partial charge in [-0.1, -0.05) is 30.3 Å². The Morgan fingerprint density at radius 3 is 2.39 bits per heavy atom. The molecule has 1 aliphatic heterocycles. The van der Waals surface area contributed by atoms with E-state index in [2.05, 4.69) is 16.0 Å². The minimum absolute atomic E-state index is 0.248. The van der Waals surface area contributed by atoms with Crippen LogP contribution in [-0.4, -0.2) is 35.2 Å². The quantitative estimate of drug-likeness (QED) is 0.474. The highest BCUT2D eigenvalue weighted by Gasteiger charge is 2.34. The van der Waals surface area contributed by atoms with Crippen LogP contribution in [0.2, 0.25) is 0 Å². The van der Waals surface area contributed by atoms with Crippen LogP contribution in [0.3, 0.4) is 0 Å². The summed E-state index contributed by atoms with van der Waals surface area (Å²) in [5, 5.41) is 9.32. The average Bonchev–Trinajstić information content (AvgIpc) is 2.72. The lowest BCUT2D eigenvalue weighted by Crippen LogP contribution is -2.46.